The number of benzene rings is 1. The number of ether oxygens (including phenoxy) is 2. The maximum absolute atomic E-state index is 12.3. The molecule has 0 spiro atoms. The molecule has 1 aliphatic rings. The first-order valence-electron chi connectivity index (χ1n) is 6.81. The van der Waals surface area contributed by atoms with Crippen LogP contribution >= 0.6 is 0 Å². The highest BCUT2D eigenvalue weighted by Gasteiger charge is 2.29. The first-order chi connectivity index (χ1) is 9.56. The highest BCUT2D eigenvalue weighted by molar-refractivity contribution is 5.94. The lowest BCUT2D eigenvalue weighted by molar-refractivity contribution is -0.120. The topological polar surface area (TPSA) is 59.6 Å². The van der Waals surface area contributed by atoms with E-state index in [-0.39, 0.29) is 11.8 Å². The van der Waals surface area contributed by atoms with Crippen molar-refractivity contribution in [2.75, 3.05) is 32.6 Å². The molecule has 5 heteroatoms. The molecule has 110 valence electrons. The van der Waals surface area contributed by atoms with Crippen molar-refractivity contribution >= 4 is 11.6 Å². The Hall–Kier alpha value is -1.75. The van der Waals surface area contributed by atoms with Gasteiger partial charge in [-0.25, -0.2) is 0 Å². The fourth-order valence-corrected chi connectivity index (χ4v) is 2.50. The number of hydrogen-bond acceptors (Lipinski definition) is 4. The minimum absolute atomic E-state index is 0.0162. The molecule has 2 rings (SSSR count). The molecular weight excluding hydrogens is 256 g/mol. The summed E-state index contributed by atoms with van der Waals surface area (Å²) in [5, 5.41) is 6.23. The van der Waals surface area contributed by atoms with Gasteiger partial charge in [-0.3, -0.25) is 4.79 Å². The number of rotatable bonds is 4. The maximum atomic E-state index is 12.3. The van der Waals surface area contributed by atoms with E-state index in [1.807, 2.05) is 13.0 Å². The summed E-state index contributed by atoms with van der Waals surface area (Å²) in [7, 11) is 3.18. The predicted octanol–water partition coefficient (Wildman–Crippen LogP) is 1.81. The second-order valence-corrected chi connectivity index (χ2v) is 5.25. The van der Waals surface area contributed by atoms with Crippen LogP contribution in [0.15, 0.2) is 12.1 Å². The molecule has 0 radical (unpaired) electrons. The molecule has 0 saturated carbocycles. The van der Waals surface area contributed by atoms with E-state index in [1.165, 1.54) is 0 Å². The van der Waals surface area contributed by atoms with Gasteiger partial charge in [0.25, 0.3) is 0 Å². The third-order valence-corrected chi connectivity index (χ3v) is 3.84. The molecule has 0 bridgehead atoms. The van der Waals surface area contributed by atoms with Gasteiger partial charge in [0.2, 0.25) is 5.91 Å². The van der Waals surface area contributed by atoms with Crippen molar-refractivity contribution in [3.63, 3.8) is 0 Å². The Balaban J connectivity index is 2.18. The Morgan fingerprint density at radius 1 is 1.25 bits per heavy atom. The van der Waals surface area contributed by atoms with Crippen molar-refractivity contribution in [2.24, 2.45) is 11.8 Å². The number of anilines is 1. The Bertz CT molecular complexity index is 502. The molecule has 20 heavy (non-hydrogen) atoms. The van der Waals surface area contributed by atoms with E-state index in [4.69, 9.17) is 9.47 Å². The van der Waals surface area contributed by atoms with E-state index in [2.05, 4.69) is 17.6 Å². The summed E-state index contributed by atoms with van der Waals surface area (Å²) in [4.78, 5) is 12.3. The zero-order valence-corrected chi connectivity index (χ0v) is 12.4. The van der Waals surface area contributed by atoms with Crippen LogP contribution in [0.4, 0.5) is 5.69 Å². The summed E-state index contributed by atoms with van der Waals surface area (Å²) >= 11 is 0. The van der Waals surface area contributed by atoms with E-state index >= 15 is 0 Å². The van der Waals surface area contributed by atoms with Gasteiger partial charge in [0.15, 0.2) is 11.5 Å². The molecule has 1 aliphatic heterocycles. The lowest BCUT2D eigenvalue weighted by atomic mass is 9.97. The second-order valence-electron chi connectivity index (χ2n) is 5.25. The molecule has 1 aromatic carbocycles. The molecule has 1 saturated heterocycles. The third-order valence-electron chi connectivity index (χ3n) is 3.84. The van der Waals surface area contributed by atoms with Crippen molar-refractivity contribution in [2.45, 2.75) is 13.8 Å². The highest BCUT2D eigenvalue weighted by atomic mass is 16.5. The molecular formula is C15H22N2O3. The predicted molar refractivity (Wildman–Crippen MR) is 78.4 cm³/mol. The van der Waals surface area contributed by atoms with Gasteiger partial charge in [-0.15, -0.1) is 0 Å². The normalized spacial score (nSPS) is 21.6. The summed E-state index contributed by atoms with van der Waals surface area (Å²) in [6, 6.07) is 3.67. The van der Waals surface area contributed by atoms with Gasteiger partial charge in [0, 0.05) is 18.3 Å². The van der Waals surface area contributed by atoms with Crippen molar-refractivity contribution in [3.8, 4) is 11.5 Å². The van der Waals surface area contributed by atoms with Gasteiger partial charge >= 0.3 is 0 Å². The van der Waals surface area contributed by atoms with Gasteiger partial charge in [-0.1, -0.05) is 6.92 Å². The molecule has 1 heterocycles. The lowest BCUT2D eigenvalue weighted by Gasteiger charge is -2.17. The Kier molecular flexibility index (Phi) is 4.49. The van der Waals surface area contributed by atoms with Crippen molar-refractivity contribution < 1.29 is 14.3 Å². The zero-order valence-electron chi connectivity index (χ0n) is 12.4. The second kappa shape index (κ2) is 6.13. The fraction of sp³-hybridized carbons (Fsp3) is 0.533. The number of carbonyl (C=O) groups excluding carboxylic acids is 1. The number of aryl methyl sites for hydroxylation is 1. The van der Waals surface area contributed by atoms with Gasteiger partial charge < -0.3 is 20.1 Å². The van der Waals surface area contributed by atoms with Crippen LogP contribution < -0.4 is 20.1 Å². The lowest BCUT2D eigenvalue weighted by Crippen LogP contribution is -2.28. The maximum Gasteiger partial charge on any atom is 0.229 e. The molecule has 1 aromatic rings. The number of hydrogen-bond donors (Lipinski definition) is 2. The monoisotopic (exact) mass is 278 g/mol. The summed E-state index contributed by atoms with van der Waals surface area (Å²) in [6.45, 7) is 5.65. The highest BCUT2D eigenvalue weighted by Crippen LogP contribution is 2.33. The van der Waals surface area contributed by atoms with E-state index in [0.717, 1.165) is 24.3 Å². The smallest absolute Gasteiger partial charge is 0.229 e. The number of methoxy groups -OCH3 is 2. The Morgan fingerprint density at radius 2 is 1.90 bits per heavy atom. The van der Waals surface area contributed by atoms with Crippen LogP contribution in [0.25, 0.3) is 0 Å². The van der Waals surface area contributed by atoms with E-state index in [1.54, 1.807) is 20.3 Å². The molecule has 1 amide bonds. The third kappa shape index (κ3) is 2.88. The Labute approximate surface area is 119 Å². The zero-order chi connectivity index (χ0) is 14.7. The van der Waals surface area contributed by atoms with E-state index < -0.39 is 0 Å². The molecule has 0 aliphatic carbocycles. The number of nitrogens with one attached hydrogen (secondary N) is 2. The average molecular weight is 278 g/mol. The quantitative estimate of drug-likeness (QED) is 0.882. The first-order valence-corrected chi connectivity index (χ1v) is 6.81. The van der Waals surface area contributed by atoms with Crippen LogP contribution in [-0.4, -0.2) is 33.2 Å². The van der Waals surface area contributed by atoms with Gasteiger partial charge in [-0.2, -0.15) is 0 Å². The SMILES string of the molecule is COc1cc(C)c(NC(=O)C2CNCC2C)cc1OC. The molecule has 2 unspecified atom stereocenters. The first kappa shape index (κ1) is 14.7. The molecule has 0 aromatic heterocycles. The summed E-state index contributed by atoms with van der Waals surface area (Å²) in [5.74, 6) is 1.71. The van der Waals surface area contributed by atoms with Gasteiger partial charge in [-0.05, 0) is 31.0 Å². The summed E-state index contributed by atoms with van der Waals surface area (Å²) < 4.78 is 10.5. The summed E-state index contributed by atoms with van der Waals surface area (Å²) in [6.07, 6.45) is 0. The molecule has 2 atom stereocenters. The van der Waals surface area contributed by atoms with E-state index in [9.17, 15) is 4.79 Å². The Morgan fingerprint density at radius 3 is 2.45 bits per heavy atom. The minimum Gasteiger partial charge on any atom is -0.493 e. The van der Waals surface area contributed by atoms with Crippen molar-refractivity contribution in [1.82, 2.24) is 5.32 Å². The van der Waals surface area contributed by atoms with Crippen LogP contribution in [0, 0.1) is 18.8 Å². The molecule has 5 nitrogen and oxygen atoms in total. The van der Waals surface area contributed by atoms with Crippen LogP contribution in [0.2, 0.25) is 0 Å². The molecule has 1 fully saturated rings. The van der Waals surface area contributed by atoms with Crippen molar-refractivity contribution in [1.29, 1.82) is 0 Å². The fourth-order valence-electron chi connectivity index (χ4n) is 2.50. The van der Waals surface area contributed by atoms with Crippen LogP contribution in [0.1, 0.15) is 12.5 Å². The molecule has 2 N–H and O–H groups in total. The van der Waals surface area contributed by atoms with Crippen LogP contribution in [0.5, 0.6) is 11.5 Å². The van der Waals surface area contributed by atoms with Crippen LogP contribution in [0.3, 0.4) is 0 Å². The van der Waals surface area contributed by atoms with E-state index in [0.29, 0.717) is 17.4 Å². The standard InChI is InChI=1S/C15H22N2O3/c1-9-5-13(19-3)14(20-4)6-12(9)17-15(18)11-8-16-7-10(11)2/h5-6,10-11,16H,7-8H2,1-4H3,(H,17,18). The largest absolute Gasteiger partial charge is 0.493 e. The number of amides is 1. The number of carbonyl (C=O) groups is 1. The minimum atomic E-state index is 0.0162. The average Bonchev–Trinajstić information content (AvgIpc) is 2.86. The van der Waals surface area contributed by atoms with Gasteiger partial charge in [0.05, 0.1) is 20.1 Å². The summed E-state index contributed by atoms with van der Waals surface area (Å²) in [5.41, 5.74) is 1.72. The van der Waals surface area contributed by atoms with Crippen LogP contribution in [-0.2, 0) is 4.79 Å². The van der Waals surface area contributed by atoms with Gasteiger partial charge in [0.1, 0.15) is 0 Å². The van der Waals surface area contributed by atoms with Crippen molar-refractivity contribution in [3.05, 3.63) is 17.7 Å².